The Labute approximate surface area is 105 Å². The van der Waals surface area contributed by atoms with Crippen molar-refractivity contribution in [2.45, 2.75) is 6.18 Å². The van der Waals surface area contributed by atoms with E-state index in [4.69, 9.17) is 12.2 Å². The first-order valence-corrected chi connectivity index (χ1v) is 5.36. The van der Waals surface area contributed by atoms with Gasteiger partial charge in [0.05, 0.1) is 0 Å². The normalized spacial score (nSPS) is 11.6. The van der Waals surface area contributed by atoms with Crippen molar-refractivity contribution in [3.8, 4) is 11.1 Å². The van der Waals surface area contributed by atoms with Crippen LogP contribution < -0.4 is 0 Å². The number of aromatic nitrogens is 1. The summed E-state index contributed by atoms with van der Waals surface area (Å²) in [6, 6.07) is 7.78. The Kier molecular flexibility index (Phi) is 3.21. The number of hydrogen-bond donors (Lipinski definition) is 1. The lowest BCUT2D eigenvalue weighted by Crippen LogP contribution is -2.08. The zero-order valence-electron chi connectivity index (χ0n) is 8.88. The zero-order valence-corrected chi connectivity index (χ0v) is 9.70. The monoisotopic (exact) mass is 273 g/mol. The summed E-state index contributed by atoms with van der Waals surface area (Å²) in [6.45, 7) is 0. The van der Waals surface area contributed by atoms with Crippen molar-refractivity contribution >= 4 is 12.2 Å². The van der Waals surface area contributed by atoms with Gasteiger partial charge in [-0.25, -0.2) is 4.39 Å². The standard InChI is InChI=1S/C12H7F4NS/c13-9-4-2-1-3-7(9)8-5-6-10(12(14,15)16)17-11(8)18/h1-6H,(H,17,18). The molecule has 2 aromatic rings. The van der Waals surface area contributed by atoms with Gasteiger partial charge in [-0.1, -0.05) is 30.4 Å². The molecule has 0 unspecified atom stereocenters. The number of aromatic amines is 1. The highest BCUT2D eigenvalue weighted by atomic mass is 32.1. The SMILES string of the molecule is Fc1ccccc1-c1ccc(C(F)(F)F)[nH]c1=S. The molecular formula is C12H7F4NS. The van der Waals surface area contributed by atoms with Crippen LogP contribution in [0.25, 0.3) is 11.1 Å². The van der Waals surface area contributed by atoms with Crippen LogP contribution in [0.1, 0.15) is 5.69 Å². The van der Waals surface area contributed by atoms with E-state index in [9.17, 15) is 17.6 Å². The summed E-state index contributed by atoms with van der Waals surface area (Å²) in [7, 11) is 0. The van der Waals surface area contributed by atoms with Gasteiger partial charge in [-0.3, -0.25) is 0 Å². The van der Waals surface area contributed by atoms with Crippen molar-refractivity contribution in [3.63, 3.8) is 0 Å². The molecule has 1 N–H and O–H groups in total. The van der Waals surface area contributed by atoms with Crippen molar-refractivity contribution in [1.29, 1.82) is 0 Å². The minimum atomic E-state index is -4.50. The van der Waals surface area contributed by atoms with E-state index < -0.39 is 17.7 Å². The maximum atomic E-state index is 13.5. The molecule has 0 fully saturated rings. The molecule has 1 aromatic carbocycles. The van der Waals surface area contributed by atoms with Crippen molar-refractivity contribution in [2.75, 3.05) is 0 Å². The molecule has 0 radical (unpaired) electrons. The Hall–Kier alpha value is -1.69. The average molecular weight is 273 g/mol. The van der Waals surface area contributed by atoms with E-state index >= 15 is 0 Å². The van der Waals surface area contributed by atoms with Gasteiger partial charge in [-0.15, -0.1) is 0 Å². The molecule has 0 saturated carbocycles. The van der Waals surface area contributed by atoms with Gasteiger partial charge < -0.3 is 4.98 Å². The van der Waals surface area contributed by atoms with Gasteiger partial charge in [0, 0.05) is 11.1 Å². The second kappa shape index (κ2) is 4.53. The van der Waals surface area contributed by atoms with Crippen LogP contribution in [0.5, 0.6) is 0 Å². The van der Waals surface area contributed by atoms with Gasteiger partial charge in [-0.05, 0) is 18.2 Å². The smallest absolute Gasteiger partial charge is 0.342 e. The van der Waals surface area contributed by atoms with Crippen LogP contribution in [0.4, 0.5) is 17.6 Å². The topological polar surface area (TPSA) is 15.8 Å². The minimum absolute atomic E-state index is 0.144. The van der Waals surface area contributed by atoms with Gasteiger partial charge in [0.25, 0.3) is 0 Å². The Morgan fingerprint density at radius 1 is 0.944 bits per heavy atom. The van der Waals surface area contributed by atoms with Crippen LogP contribution in [0.2, 0.25) is 0 Å². The van der Waals surface area contributed by atoms with Gasteiger partial charge in [0.1, 0.15) is 16.2 Å². The molecule has 94 valence electrons. The number of halogens is 4. The minimum Gasteiger partial charge on any atom is -0.342 e. The fourth-order valence-corrected chi connectivity index (χ4v) is 1.82. The first-order chi connectivity index (χ1) is 8.39. The van der Waals surface area contributed by atoms with E-state index in [0.717, 1.165) is 6.07 Å². The Balaban J connectivity index is 2.56. The van der Waals surface area contributed by atoms with E-state index in [1.165, 1.54) is 24.3 Å². The van der Waals surface area contributed by atoms with Crippen LogP contribution in [0.15, 0.2) is 36.4 Å². The van der Waals surface area contributed by atoms with E-state index in [-0.39, 0.29) is 15.8 Å². The van der Waals surface area contributed by atoms with Crippen LogP contribution in [-0.4, -0.2) is 4.98 Å². The third-order valence-corrected chi connectivity index (χ3v) is 2.70. The summed E-state index contributed by atoms with van der Waals surface area (Å²) < 4.78 is 50.7. The Morgan fingerprint density at radius 2 is 1.61 bits per heavy atom. The number of alkyl halides is 3. The van der Waals surface area contributed by atoms with Crippen LogP contribution >= 0.6 is 12.2 Å². The lowest BCUT2D eigenvalue weighted by atomic mass is 10.1. The molecule has 2 rings (SSSR count). The largest absolute Gasteiger partial charge is 0.431 e. The highest BCUT2D eigenvalue weighted by Crippen LogP contribution is 2.30. The maximum absolute atomic E-state index is 13.5. The fraction of sp³-hybridized carbons (Fsp3) is 0.0833. The molecule has 0 saturated heterocycles. The second-order valence-electron chi connectivity index (χ2n) is 3.59. The number of nitrogens with one attached hydrogen (secondary N) is 1. The zero-order chi connectivity index (χ0) is 13.3. The summed E-state index contributed by atoms with van der Waals surface area (Å²) in [6.07, 6.45) is -4.50. The molecule has 0 aliphatic rings. The van der Waals surface area contributed by atoms with Gasteiger partial charge in [0.15, 0.2) is 0 Å². The predicted octanol–water partition coefficient (Wildman–Crippen LogP) is 4.57. The molecule has 6 heteroatoms. The molecule has 1 nitrogen and oxygen atoms in total. The summed E-state index contributed by atoms with van der Waals surface area (Å²) >= 11 is 4.83. The predicted molar refractivity (Wildman–Crippen MR) is 62.0 cm³/mol. The van der Waals surface area contributed by atoms with Gasteiger partial charge in [0.2, 0.25) is 0 Å². The highest BCUT2D eigenvalue weighted by Gasteiger charge is 2.31. The molecular weight excluding hydrogens is 266 g/mol. The Morgan fingerprint density at radius 3 is 2.17 bits per heavy atom. The molecule has 0 aliphatic carbocycles. The summed E-state index contributed by atoms with van der Waals surface area (Å²) in [4.78, 5) is 2.06. The van der Waals surface area contributed by atoms with E-state index in [2.05, 4.69) is 4.98 Å². The number of H-pyrrole nitrogens is 1. The highest BCUT2D eigenvalue weighted by molar-refractivity contribution is 7.71. The summed E-state index contributed by atoms with van der Waals surface area (Å²) in [5, 5.41) is 0. The van der Waals surface area contributed by atoms with Crippen LogP contribution in [0.3, 0.4) is 0 Å². The fourth-order valence-electron chi connectivity index (χ4n) is 1.53. The third kappa shape index (κ3) is 2.43. The molecule has 1 aromatic heterocycles. The number of rotatable bonds is 1. The van der Waals surface area contributed by atoms with Gasteiger partial charge in [-0.2, -0.15) is 13.2 Å². The van der Waals surface area contributed by atoms with Crippen molar-refractivity contribution < 1.29 is 17.6 Å². The quantitative estimate of drug-likeness (QED) is 0.594. The number of hydrogen-bond acceptors (Lipinski definition) is 1. The lowest BCUT2D eigenvalue weighted by Gasteiger charge is -2.09. The van der Waals surface area contributed by atoms with E-state index in [1.54, 1.807) is 6.07 Å². The second-order valence-corrected chi connectivity index (χ2v) is 4.00. The molecule has 1 heterocycles. The lowest BCUT2D eigenvalue weighted by molar-refractivity contribution is -0.141. The molecule has 0 spiro atoms. The van der Waals surface area contributed by atoms with Crippen LogP contribution in [-0.2, 0) is 6.18 Å². The average Bonchev–Trinajstić information content (AvgIpc) is 2.29. The molecule has 0 aliphatic heterocycles. The molecule has 18 heavy (non-hydrogen) atoms. The molecule has 0 atom stereocenters. The van der Waals surface area contributed by atoms with Gasteiger partial charge >= 0.3 is 6.18 Å². The van der Waals surface area contributed by atoms with E-state index in [1.807, 2.05) is 0 Å². The van der Waals surface area contributed by atoms with E-state index in [0.29, 0.717) is 0 Å². The molecule has 0 bridgehead atoms. The summed E-state index contributed by atoms with van der Waals surface area (Å²) in [5.41, 5.74) is -0.545. The third-order valence-electron chi connectivity index (χ3n) is 2.38. The van der Waals surface area contributed by atoms with Crippen molar-refractivity contribution in [3.05, 3.63) is 52.5 Å². The maximum Gasteiger partial charge on any atom is 0.431 e. The molecule has 0 amide bonds. The summed E-state index contributed by atoms with van der Waals surface area (Å²) in [5.74, 6) is -0.531. The number of benzene rings is 1. The van der Waals surface area contributed by atoms with Crippen LogP contribution in [0, 0.1) is 10.5 Å². The van der Waals surface area contributed by atoms with Crippen molar-refractivity contribution in [2.24, 2.45) is 0 Å². The first kappa shape index (κ1) is 12.8. The van der Waals surface area contributed by atoms with Crippen molar-refractivity contribution in [1.82, 2.24) is 4.98 Å². The Bertz CT molecular complexity index is 630. The number of pyridine rings is 1. The first-order valence-electron chi connectivity index (χ1n) is 4.95.